The number of nitrogens with zero attached hydrogens (tertiary/aromatic N) is 3. The highest BCUT2D eigenvalue weighted by molar-refractivity contribution is 7.99. The van der Waals surface area contributed by atoms with Crippen molar-refractivity contribution in [1.29, 1.82) is 0 Å². The molecule has 1 aromatic heterocycles. The summed E-state index contributed by atoms with van der Waals surface area (Å²) < 4.78 is 44.3. The van der Waals surface area contributed by atoms with E-state index in [1.807, 2.05) is 4.57 Å². The number of para-hydroxylation sites is 1. The lowest BCUT2D eigenvalue weighted by atomic mass is 10.1. The summed E-state index contributed by atoms with van der Waals surface area (Å²) in [5.41, 5.74) is 0. The Balaban J connectivity index is 1.63. The standard InChI is InChI=1S/C17H20FN3O3S2/c1-2-8-21-16(13-7-11-26(22,23)12-13)19-20-17(21)25-10-9-24-15-6-4-3-5-14(15)18/h2-6,13H,1,7-12H2/t13-/m1/s1. The van der Waals surface area contributed by atoms with Gasteiger partial charge in [-0.1, -0.05) is 30.0 Å². The Morgan fingerprint density at radius 3 is 2.88 bits per heavy atom. The van der Waals surface area contributed by atoms with E-state index in [0.717, 1.165) is 0 Å². The molecular formula is C17H20FN3O3S2. The van der Waals surface area contributed by atoms with Crippen LogP contribution in [-0.2, 0) is 16.4 Å². The van der Waals surface area contributed by atoms with Gasteiger partial charge in [-0.2, -0.15) is 0 Å². The minimum Gasteiger partial charge on any atom is -0.490 e. The van der Waals surface area contributed by atoms with Crippen LogP contribution >= 0.6 is 11.8 Å². The largest absolute Gasteiger partial charge is 0.490 e. The van der Waals surface area contributed by atoms with E-state index in [2.05, 4.69) is 16.8 Å². The van der Waals surface area contributed by atoms with E-state index in [1.165, 1.54) is 17.8 Å². The molecule has 0 spiro atoms. The highest BCUT2D eigenvalue weighted by Crippen LogP contribution is 2.30. The summed E-state index contributed by atoms with van der Waals surface area (Å²) in [4.78, 5) is 0. The summed E-state index contributed by atoms with van der Waals surface area (Å²) in [5, 5.41) is 9.09. The van der Waals surface area contributed by atoms with Crippen LogP contribution in [0.5, 0.6) is 5.75 Å². The third-order valence-corrected chi connectivity index (χ3v) is 6.76. The predicted octanol–water partition coefficient (Wildman–Crippen LogP) is 2.68. The first-order valence-corrected chi connectivity index (χ1v) is 11.1. The first kappa shape index (κ1) is 18.9. The van der Waals surface area contributed by atoms with E-state index in [0.29, 0.717) is 36.3 Å². The lowest BCUT2D eigenvalue weighted by Crippen LogP contribution is -2.11. The molecule has 26 heavy (non-hydrogen) atoms. The molecule has 1 aromatic carbocycles. The van der Waals surface area contributed by atoms with Gasteiger partial charge in [0.2, 0.25) is 0 Å². The normalized spacial score (nSPS) is 18.7. The second-order valence-corrected chi connectivity index (χ2v) is 9.26. The van der Waals surface area contributed by atoms with Crippen molar-refractivity contribution in [3.63, 3.8) is 0 Å². The predicted molar refractivity (Wildman–Crippen MR) is 98.8 cm³/mol. The maximum Gasteiger partial charge on any atom is 0.191 e. The van der Waals surface area contributed by atoms with E-state index in [9.17, 15) is 12.8 Å². The number of allylic oxidation sites excluding steroid dienone is 1. The van der Waals surface area contributed by atoms with Gasteiger partial charge < -0.3 is 9.30 Å². The Morgan fingerprint density at radius 1 is 1.38 bits per heavy atom. The number of thioether (sulfide) groups is 1. The van der Waals surface area contributed by atoms with Crippen LogP contribution in [0.3, 0.4) is 0 Å². The van der Waals surface area contributed by atoms with Gasteiger partial charge in [0.1, 0.15) is 5.82 Å². The molecule has 0 radical (unpaired) electrons. The molecule has 1 fully saturated rings. The number of benzene rings is 1. The lowest BCUT2D eigenvalue weighted by molar-refractivity contribution is 0.325. The number of sulfone groups is 1. The second kappa shape index (κ2) is 8.22. The molecule has 0 amide bonds. The van der Waals surface area contributed by atoms with Crippen LogP contribution in [0.25, 0.3) is 0 Å². The van der Waals surface area contributed by atoms with E-state index in [4.69, 9.17) is 4.74 Å². The molecule has 1 aliphatic rings. The minimum atomic E-state index is -2.99. The van der Waals surface area contributed by atoms with Crippen molar-refractivity contribution >= 4 is 21.6 Å². The quantitative estimate of drug-likeness (QED) is 0.387. The molecule has 0 bridgehead atoms. The Morgan fingerprint density at radius 2 is 2.19 bits per heavy atom. The van der Waals surface area contributed by atoms with Gasteiger partial charge in [0.05, 0.1) is 18.1 Å². The zero-order valence-corrected chi connectivity index (χ0v) is 15.8. The van der Waals surface area contributed by atoms with Gasteiger partial charge in [-0.25, -0.2) is 12.8 Å². The molecule has 1 aliphatic heterocycles. The topological polar surface area (TPSA) is 74.1 Å². The van der Waals surface area contributed by atoms with E-state index < -0.39 is 15.7 Å². The summed E-state index contributed by atoms with van der Waals surface area (Å²) in [6.45, 7) is 4.58. The van der Waals surface area contributed by atoms with Gasteiger partial charge in [-0.3, -0.25) is 0 Å². The molecule has 0 saturated carbocycles. The first-order valence-electron chi connectivity index (χ1n) is 8.24. The molecule has 9 heteroatoms. The fraction of sp³-hybridized carbons (Fsp3) is 0.412. The molecule has 0 aliphatic carbocycles. The van der Waals surface area contributed by atoms with Crippen molar-refractivity contribution in [2.45, 2.75) is 24.0 Å². The van der Waals surface area contributed by atoms with Gasteiger partial charge in [0, 0.05) is 18.2 Å². The molecular weight excluding hydrogens is 377 g/mol. The molecule has 1 saturated heterocycles. The highest BCUT2D eigenvalue weighted by atomic mass is 32.2. The van der Waals surface area contributed by atoms with Crippen LogP contribution in [0.4, 0.5) is 4.39 Å². The zero-order chi connectivity index (χ0) is 18.6. The molecule has 6 nitrogen and oxygen atoms in total. The lowest BCUT2D eigenvalue weighted by Gasteiger charge is -2.11. The van der Waals surface area contributed by atoms with Crippen LogP contribution in [0, 0.1) is 5.82 Å². The third kappa shape index (κ3) is 4.45. The van der Waals surface area contributed by atoms with Gasteiger partial charge in [-0.05, 0) is 18.6 Å². The van der Waals surface area contributed by atoms with E-state index in [-0.39, 0.29) is 23.2 Å². The SMILES string of the molecule is C=CCn1c(SCCOc2ccccc2F)nnc1[C@@H]1CCS(=O)(=O)C1. The summed E-state index contributed by atoms with van der Waals surface area (Å²) in [6.07, 6.45) is 2.30. The zero-order valence-electron chi connectivity index (χ0n) is 14.2. The summed E-state index contributed by atoms with van der Waals surface area (Å²) in [7, 11) is -2.99. The van der Waals surface area contributed by atoms with E-state index >= 15 is 0 Å². The Kier molecular flexibility index (Phi) is 5.98. The fourth-order valence-electron chi connectivity index (χ4n) is 2.85. The average Bonchev–Trinajstić information content (AvgIpc) is 3.16. The monoisotopic (exact) mass is 397 g/mol. The van der Waals surface area contributed by atoms with Crippen molar-refractivity contribution in [2.75, 3.05) is 23.9 Å². The third-order valence-electron chi connectivity index (χ3n) is 4.06. The smallest absolute Gasteiger partial charge is 0.191 e. The van der Waals surface area contributed by atoms with Crippen molar-refractivity contribution in [2.24, 2.45) is 0 Å². The van der Waals surface area contributed by atoms with Crippen LogP contribution in [0.2, 0.25) is 0 Å². The van der Waals surface area contributed by atoms with Gasteiger partial charge >= 0.3 is 0 Å². The Hall–Kier alpha value is -1.87. The highest BCUT2D eigenvalue weighted by Gasteiger charge is 2.33. The first-order chi connectivity index (χ1) is 12.5. The molecule has 0 N–H and O–H groups in total. The molecule has 3 rings (SSSR count). The minimum absolute atomic E-state index is 0.114. The van der Waals surface area contributed by atoms with Crippen molar-refractivity contribution in [3.05, 3.63) is 48.6 Å². The number of rotatable bonds is 8. The maximum atomic E-state index is 13.5. The summed E-state index contributed by atoms with van der Waals surface area (Å²) >= 11 is 1.44. The maximum absolute atomic E-state index is 13.5. The van der Waals surface area contributed by atoms with Crippen molar-refractivity contribution in [1.82, 2.24) is 14.8 Å². The van der Waals surface area contributed by atoms with Gasteiger partial charge in [-0.15, -0.1) is 16.8 Å². The number of hydrogen-bond donors (Lipinski definition) is 0. The van der Waals surface area contributed by atoms with Crippen LogP contribution in [0.15, 0.2) is 42.1 Å². The number of hydrogen-bond acceptors (Lipinski definition) is 6. The Labute approximate surface area is 156 Å². The van der Waals surface area contributed by atoms with Crippen LogP contribution in [0.1, 0.15) is 18.2 Å². The molecule has 0 unspecified atom stereocenters. The molecule has 2 aromatic rings. The average molecular weight is 397 g/mol. The molecule has 2 heterocycles. The van der Waals surface area contributed by atoms with Gasteiger partial charge in [0.25, 0.3) is 0 Å². The second-order valence-electron chi connectivity index (χ2n) is 5.97. The van der Waals surface area contributed by atoms with Crippen LogP contribution in [-0.4, -0.2) is 47.0 Å². The molecule has 1 atom stereocenters. The fourth-order valence-corrected chi connectivity index (χ4v) is 5.37. The van der Waals surface area contributed by atoms with Crippen molar-refractivity contribution in [3.8, 4) is 5.75 Å². The number of aromatic nitrogens is 3. The Bertz CT molecular complexity index is 883. The number of halogens is 1. The van der Waals surface area contributed by atoms with Gasteiger partial charge in [0.15, 0.2) is 26.6 Å². The number of ether oxygens (including phenoxy) is 1. The molecule has 140 valence electrons. The van der Waals surface area contributed by atoms with E-state index in [1.54, 1.807) is 24.3 Å². The summed E-state index contributed by atoms with van der Waals surface area (Å²) in [6, 6.07) is 6.26. The van der Waals surface area contributed by atoms with Crippen molar-refractivity contribution < 1.29 is 17.5 Å². The summed E-state index contributed by atoms with van der Waals surface area (Å²) in [5.74, 6) is 1.25. The van der Waals surface area contributed by atoms with Crippen LogP contribution < -0.4 is 4.74 Å².